The first-order chi connectivity index (χ1) is 51.7. The maximum Gasteiger partial charge on any atom is 0.189 e. The lowest BCUT2D eigenvalue weighted by Crippen LogP contribution is -2.25. The zero-order valence-electron chi connectivity index (χ0n) is 70.8. The Morgan fingerprint density at radius 2 is 0.573 bits per heavy atom. The number of carbonyl (C=O) groups is 2. The second kappa shape index (κ2) is 43.1. The molecule has 18 heteroatoms. The van der Waals surface area contributed by atoms with E-state index in [9.17, 15) is 0 Å². The standard InChI is InChI=1S/C45H62Br2O5S2.C45H64O5S2.2CH2O/c1-13-48-29-52-39-35(26-54-41(39)47)33-24-31(45(11,12)28-43(6,7)8)18-20-37(33)51-22-16-15-21-50-36-19-17-30(44(9,10)27-42(3,4)5)23-32(36)34-25-53-40(46)38(34)49-14-2;1-13-46-31-50-41-28-52-26-37(41)35-24-33(45(11,12)30-43(6,7)8)18-20-39(35)49-22-16-15-21-48-38-19-17-32(44(9,10)29-42(3,4)5)23-34(38)36-25-51-27-40(36)47-14-2;2*1-2/h17-20,23-26H,13-16,21-22,27-29H2,1-12H3;17-20,23-28H,13-16,21-22,29-31H2,1-12H3;2*1H2. The molecule has 0 aliphatic carbocycles. The molecule has 4 aromatic heterocycles. The molecule has 0 atom stereocenters. The zero-order chi connectivity index (χ0) is 82.1. The lowest BCUT2D eigenvalue weighted by atomic mass is 9.72. The summed E-state index contributed by atoms with van der Waals surface area (Å²) in [7, 11) is 0. The van der Waals surface area contributed by atoms with Crippen molar-refractivity contribution in [1.82, 2.24) is 0 Å². The van der Waals surface area contributed by atoms with Crippen LogP contribution in [0.1, 0.15) is 240 Å². The highest BCUT2D eigenvalue weighted by atomic mass is 79.9. The van der Waals surface area contributed by atoms with E-state index in [1.54, 1.807) is 45.3 Å². The average Bonchev–Trinajstić information content (AvgIpc) is 1.41. The van der Waals surface area contributed by atoms with Crippen LogP contribution in [0.2, 0.25) is 0 Å². The molecule has 0 spiro atoms. The number of hydrogen-bond donors (Lipinski definition) is 0. The molecule has 110 heavy (non-hydrogen) atoms. The summed E-state index contributed by atoms with van der Waals surface area (Å²) in [6.07, 6.45) is 7.68. The second-order valence-electron chi connectivity index (χ2n) is 35.3. The van der Waals surface area contributed by atoms with Crippen LogP contribution in [0.4, 0.5) is 0 Å². The van der Waals surface area contributed by atoms with Gasteiger partial charge in [-0.05, 0) is 225 Å². The minimum atomic E-state index is -0.0234. The lowest BCUT2D eigenvalue weighted by Gasteiger charge is -2.33. The quantitative estimate of drug-likeness (QED) is 0.0270. The molecule has 0 saturated heterocycles. The fraction of sp³-hybridized carbons (Fsp3) is 0.543. The van der Waals surface area contributed by atoms with Crippen LogP contribution < -0.4 is 37.9 Å². The van der Waals surface area contributed by atoms with Gasteiger partial charge in [-0.3, -0.25) is 0 Å². The predicted octanol–water partition coefficient (Wildman–Crippen LogP) is 28.3. The van der Waals surface area contributed by atoms with Gasteiger partial charge in [-0.15, -0.1) is 45.3 Å². The van der Waals surface area contributed by atoms with Crippen LogP contribution >= 0.6 is 77.2 Å². The molecule has 608 valence electrons. The number of ether oxygens (including phenoxy) is 10. The summed E-state index contributed by atoms with van der Waals surface area (Å²) < 4.78 is 63.5. The lowest BCUT2D eigenvalue weighted by molar-refractivity contribution is -0.0987. The molecule has 0 saturated carbocycles. The Bertz CT molecular complexity index is 4070. The van der Waals surface area contributed by atoms with Gasteiger partial charge in [0.2, 0.25) is 0 Å². The molecular formula is C92H130Br2O12S4. The van der Waals surface area contributed by atoms with Crippen LogP contribution in [0.25, 0.3) is 44.5 Å². The summed E-state index contributed by atoms with van der Waals surface area (Å²) in [5.74, 6) is 6.87. The number of thiophene rings is 4. The molecule has 0 aliphatic heterocycles. The highest BCUT2D eigenvalue weighted by molar-refractivity contribution is 9.11. The second-order valence-corrected chi connectivity index (χ2v) is 41.2. The summed E-state index contributed by atoms with van der Waals surface area (Å²) >= 11 is 14.0. The van der Waals surface area contributed by atoms with Crippen molar-refractivity contribution in [1.29, 1.82) is 0 Å². The number of benzene rings is 4. The van der Waals surface area contributed by atoms with Crippen molar-refractivity contribution in [2.45, 2.75) is 239 Å². The minimum absolute atomic E-state index is 0.00290. The van der Waals surface area contributed by atoms with Crippen molar-refractivity contribution in [2.24, 2.45) is 21.7 Å². The average molecular weight is 1720 g/mol. The predicted molar refractivity (Wildman–Crippen MR) is 474 cm³/mol. The van der Waals surface area contributed by atoms with E-state index in [2.05, 4.69) is 270 Å². The molecule has 4 aromatic carbocycles. The Morgan fingerprint density at radius 1 is 0.300 bits per heavy atom. The molecule has 0 bridgehead atoms. The van der Waals surface area contributed by atoms with Crippen LogP contribution in [0.15, 0.2) is 113 Å². The third-order valence-electron chi connectivity index (χ3n) is 18.4. The first-order valence-corrected chi connectivity index (χ1v) is 43.9. The van der Waals surface area contributed by atoms with E-state index < -0.39 is 0 Å². The van der Waals surface area contributed by atoms with Crippen molar-refractivity contribution in [3.8, 4) is 90.5 Å². The van der Waals surface area contributed by atoms with Crippen molar-refractivity contribution in [3.05, 3.63) is 135 Å². The number of halogens is 2. The van der Waals surface area contributed by atoms with Crippen LogP contribution in [-0.4, -0.2) is 80.0 Å². The Balaban J connectivity index is 0.000000377. The van der Waals surface area contributed by atoms with E-state index in [1.807, 2.05) is 46.7 Å². The van der Waals surface area contributed by atoms with Crippen LogP contribution in [0, 0.1) is 21.7 Å². The van der Waals surface area contributed by atoms with Crippen molar-refractivity contribution >= 4 is 90.8 Å². The van der Waals surface area contributed by atoms with E-state index in [-0.39, 0.29) is 56.9 Å². The molecule has 4 heterocycles. The van der Waals surface area contributed by atoms with Gasteiger partial charge in [0.1, 0.15) is 55.6 Å². The van der Waals surface area contributed by atoms with Gasteiger partial charge in [-0.1, -0.05) is 163 Å². The van der Waals surface area contributed by atoms with Crippen LogP contribution in [-0.2, 0) is 40.7 Å². The van der Waals surface area contributed by atoms with Gasteiger partial charge in [0.05, 0.1) is 39.6 Å². The molecular weight excluding hydrogens is 1590 g/mol. The number of carbonyl (C=O) groups excluding carboxylic acids is 2. The SMILES string of the molecule is C=O.C=O.CCOCOc1c(-c2cc(C(C)(C)CC(C)(C)C)ccc2OCCCCOc2ccc(C(C)(C)CC(C)(C)C)cc2-c2csc(Br)c2OCC)csc1Br.CCOCOc1cscc1-c1cc(C(C)(C)CC(C)(C)C)ccc1OCCCCOc1ccc(C(C)(C)CC(C)(C)C)cc1-c1cscc1OCC. The van der Waals surface area contributed by atoms with Crippen molar-refractivity contribution in [2.75, 3.05) is 66.4 Å². The van der Waals surface area contributed by atoms with Gasteiger partial charge in [-0.25, -0.2) is 0 Å². The molecule has 0 aliphatic rings. The summed E-state index contributed by atoms with van der Waals surface area (Å²) in [5, 5.41) is 12.8. The van der Waals surface area contributed by atoms with E-state index in [0.717, 1.165) is 149 Å². The Labute approximate surface area is 695 Å². The highest BCUT2D eigenvalue weighted by Gasteiger charge is 2.34. The fourth-order valence-electron chi connectivity index (χ4n) is 15.1. The topological polar surface area (TPSA) is 126 Å². The van der Waals surface area contributed by atoms with E-state index in [0.29, 0.717) is 52.9 Å². The zero-order valence-corrected chi connectivity index (χ0v) is 77.3. The third-order valence-corrected chi connectivity index (χ3v) is 23.2. The molecule has 0 fully saturated rings. The Hall–Kier alpha value is -5.70. The first-order valence-electron chi connectivity index (χ1n) is 38.7. The monoisotopic (exact) mass is 1710 g/mol. The number of unbranched alkanes of at least 4 members (excludes halogenated alkanes) is 2. The maximum absolute atomic E-state index is 8.00. The molecule has 8 rings (SSSR count). The number of hydrogen-bond acceptors (Lipinski definition) is 16. The van der Waals surface area contributed by atoms with Gasteiger partial charge in [0.15, 0.2) is 25.1 Å². The molecule has 12 nitrogen and oxygen atoms in total. The van der Waals surface area contributed by atoms with Crippen molar-refractivity contribution < 1.29 is 57.0 Å². The molecule has 0 unspecified atom stereocenters. The Morgan fingerprint density at radius 3 is 0.855 bits per heavy atom. The molecule has 8 aromatic rings. The highest BCUT2D eigenvalue weighted by Crippen LogP contribution is 2.51. The molecule has 0 radical (unpaired) electrons. The Kier molecular flexibility index (Phi) is 37.2. The van der Waals surface area contributed by atoms with Gasteiger partial charge >= 0.3 is 0 Å². The van der Waals surface area contributed by atoms with E-state index >= 15 is 0 Å². The summed E-state index contributed by atoms with van der Waals surface area (Å²) in [6.45, 7) is 63.5. The summed E-state index contributed by atoms with van der Waals surface area (Å²) in [5.41, 5.74) is 14.4. The first kappa shape index (κ1) is 94.9. The maximum atomic E-state index is 8.00. The summed E-state index contributed by atoms with van der Waals surface area (Å²) in [6, 6.07) is 26.7. The number of rotatable bonds is 38. The summed E-state index contributed by atoms with van der Waals surface area (Å²) in [4.78, 5) is 16.0. The fourth-order valence-corrected chi connectivity index (χ4v) is 19.4. The van der Waals surface area contributed by atoms with Crippen LogP contribution in [0.5, 0.6) is 46.0 Å². The van der Waals surface area contributed by atoms with E-state index in [4.69, 9.17) is 57.0 Å². The smallest absolute Gasteiger partial charge is 0.189 e. The van der Waals surface area contributed by atoms with Gasteiger partial charge in [0, 0.05) is 90.0 Å². The minimum Gasteiger partial charge on any atom is -0.493 e. The van der Waals surface area contributed by atoms with Crippen molar-refractivity contribution in [3.63, 3.8) is 0 Å². The van der Waals surface area contributed by atoms with Gasteiger partial charge in [-0.2, -0.15) is 0 Å². The normalized spacial score (nSPS) is 12.2. The van der Waals surface area contributed by atoms with Gasteiger partial charge < -0.3 is 57.0 Å². The largest absolute Gasteiger partial charge is 0.493 e. The third kappa shape index (κ3) is 29.0. The van der Waals surface area contributed by atoms with E-state index in [1.165, 1.54) is 22.3 Å². The van der Waals surface area contributed by atoms with Crippen LogP contribution in [0.3, 0.4) is 0 Å². The molecule has 0 N–H and O–H groups in total. The van der Waals surface area contributed by atoms with Gasteiger partial charge in [0.25, 0.3) is 0 Å². The molecule has 0 amide bonds.